The van der Waals surface area contributed by atoms with E-state index in [-0.39, 0.29) is 30.5 Å². The van der Waals surface area contributed by atoms with Crippen molar-refractivity contribution in [3.8, 4) is 0 Å². The highest BCUT2D eigenvalue weighted by Crippen LogP contribution is 2.25. The van der Waals surface area contributed by atoms with Crippen molar-refractivity contribution < 1.29 is 18.7 Å². The van der Waals surface area contributed by atoms with Gasteiger partial charge in [-0.05, 0) is 31.0 Å². The van der Waals surface area contributed by atoms with Gasteiger partial charge in [-0.25, -0.2) is 9.38 Å². The number of nitrogens with one attached hydrogen (secondary N) is 1. The zero-order chi connectivity index (χ0) is 20.8. The van der Waals surface area contributed by atoms with Crippen LogP contribution in [0, 0.1) is 11.7 Å². The van der Waals surface area contributed by atoms with Crippen LogP contribution in [0.3, 0.4) is 0 Å². The van der Waals surface area contributed by atoms with Crippen LogP contribution < -0.4 is 5.32 Å². The molecule has 0 spiro atoms. The van der Waals surface area contributed by atoms with Crippen LogP contribution in [-0.4, -0.2) is 81.3 Å². The lowest BCUT2D eigenvalue weighted by molar-refractivity contribution is -0.127. The van der Waals surface area contributed by atoms with E-state index in [0.717, 1.165) is 31.7 Å². The van der Waals surface area contributed by atoms with Gasteiger partial charge in [0.05, 0.1) is 19.3 Å². The molecule has 160 valence electrons. The van der Waals surface area contributed by atoms with Gasteiger partial charge in [0, 0.05) is 39.7 Å². The van der Waals surface area contributed by atoms with Gasteiger partial charge in [0.2, 0.25) is 5.91 Å². The van der Waals surface area contributed by atoms with E-state index in [4.69, 9.17) is 9.47 Å². The molecule has 1 aromatic rings. The highest BCUT2D eigenvalue weighted by atomic mass is 19.1. The fourth-order valence-electron chi connectivity index (χ4n) is 3.52. The Hall–Kier alpha value is -2.19. The Kier molecular flexibility index (Phi) is 7.44. The average Bonchev–Trinajstić information content (AvgIpc) is 3.21. The molecule has 2 fully saturated rings. The number of hydrogen-bond acceptors (Lipinski definition) is 4. The van der Waals surface area contributed by atoms with Crippen molar-refractivity contribution in [2.45, 2.75) is 25.6 Å². The number of likely N-dealkylation sites (N-methyl/N-ethyl adjacent to an activating group) is 1. The molecule has 8 heteroatoms. The van der Waals surface area contributed by atoms with Crippen molar-refractivity contribution in [2.24, 2.45) is 10.9 Å². The molecule has 3 rings (SSSR count). The van der Waals surface area contributed by atoms with Gasteiger partial charge in [0.1, 0.15) is 18.5 Å². The van der Waals surface area contributed by atoms with Crippen LogP contribution in [0.2, 0.25) is 0 Å². The zero-order valence-electron chi connectivity index (χ0n) is 17.4. The van der Waals surface area contributed by atoms with Crippen LogP contribution in [0.4, 0.5) is 4.39 Å². The van der Waals surface area contributed by atoms with Gasteiger partial charge in [0.15, 0.2) is 5.96 Å². The number of aliphatic imine (C=N–C) groups is 1. The Morgan fingerprint density at radius 2 is 2.07 bits per heavy atom. The number of benzene rings is 1. The van der Waals surface area contributed by atoms with E-state index in [2.05, 4.69) is 15.2 Å². The summed E-state index contributed by atoms with van der Waals surface area (Å²) in [4.78, 5) is 20.3. The Morgan fingerprint density at radius 1 is 1.31 bits per heavy atom. The van der Waals surface area contributed by atoms with Crippen molar-refractivity contribution in [1.82, 2.24) is 15.1 Å². The van der Waals surface area contributed by atoms with E-state index in [1.807, 2.05) is 6.92 Å². The number of carbonyl (C=O) groups is 1. The first-order valence-corrected chi connectivity index (χ1v) is 10.1. The minimum atomic E-state index is -0.264. The molecular weight excluding hydrogens is 375 g/mol. The number of halogens is 1. The number of nitrogens with zero attached hydrogens (tertiary/aromatic N) is 3. The van der Waals surface area contributed by atoms with Gasteiger partial charge >= 0.3 is 0 Å². The number of guanidine groups is 1. The molecule has 1 N–H and O–H groups in total. The second kappa shape index (κ2) is 10.0. The average molecular weight is 407 g/mol. The molecule has 29 heavy (non-hydrogen) atoms. The lowest BCUT2D eigenvalue weighted by atomic mass is 10.1. The maximum atomic E-state index is 13.3. The van der Waals surface area contributed by atoms with E-state index in [1.165, 1.54) is 17.0 Å². The van der Waals surface area contributed by atoms with E-state index < -0.39 is 0 Å². The second-order valence-corrected chi connectivity index (χ2v) is 7.93. The normalized spacial score (nSPS) is 25.2. The highest BCUT2D eigenvalue weighted by molar-refractivity contribution is 5.85. The molecule has 3 unspecified atom stereocenters. The minimum absolute atomic E-state index is 0.0230. The quantitative estimate of drug-likeness (QED) is 0.595. The van der Waals surface area contributed by atoms with Crippen LogP contribution in [0.25, 0.3) is 0 Å². The van der Waals surface area contributed by atoms with E-state index in [0.29, 0.717) is 25.0 Å². The number of ether oxygens (including phenoxy) is 2. The number of hydrogen-bond donors (Lipinski definition) is 1. The molecule has 2 aliphatic heterocycles. The molecule has 2 aliphatic rings. The molecule has 0 aliphatic carbocycles. The summed E-state index contributed by atoms with van der Waals surface area (Å²) in [7, 11) is 3.45. The Bertz CT molecular complexity index is 704. The molecule has 7 nitrogen and oxygen atoms in total. The largest absolute Gasteiger partial charge is 0.381 e. The number of rotatable bonds is 5. The van der Waals surface area contributed by atoms with Crippen LogP contribution in [0.1, 0.15) is 25.0 Å². The number of morpholine rings is 1. The summed E-state index contributed by atoms with van der Waals surface area (Å²) >= 11 is 0. The van der Waals surface area contributed by atoms with Crippen molar-refractivity contribution >= 4 is 11.9 Å². The molecule has 1 amide bonds. The molecule has 2 saturated heterocycles. The predicted molar refractivity (Wildman–Crippen MR) is 109 cm³/mol. The fourth-order valence-corrected chi connectivity index (χ4v) is 3.52. The zero-order valence-corrected chi connectivity index (χ0v) is 17.4. The van der Waals surface area contributed by atoms with Crippen LogP contribution in [0.5, 0.6) is 0 Å². The van der Waals surface area contributed by atoms with E-state index in [9.17, 15) is 9.18 Å². The Morgan fingerprint density at radius 3 is 2.72 bits per heavy atom. The highest BCUT2D eigenvalue weighted by Gasteiger charge is 2.29. The summed E-state index contributed by atoms with van der Waals surface area (Å²) in [5.74, 6) is 0.828. The van der Waals surface area contributed by atoms with Crippen molar-refractivity contribution in [3.63, 3.8) is 0 Å². The maximum Gasteiger partial charge on any atom is 0.243 e. The lowest BCUT2D eigenvalue weighted by Crippen LogP contribution is -2.51. The Labute approximate surface area is 171 Å². The molecule has 3 atom stereocenters. The summed E-state index contributed by atoms with van der Waals surface area (Å²) < 4.78 is 24.9. The van der Waals surface area contributed by atoms with Gasteiger partial charge in [0.25, 0.3) is 0 Å². The van der Waals surface area contributed by atoms with E-state index in [1.54, 1.807) is 26.2 Å². The molecule has 2 heterocycles. The third kappa shape index (κ3) is 6.14. The summed E-state index contributed by atoms with van der Waals surface area (Å²) in [5.41, 5.74) is 0.927. The van der Waals surface area contributed by atoms with E-state index >= 15 is 0 Å². The molecule has 0 bridgehead atoms. The third-order valence-corrected chi connectivity index (χ3v) is 5.24. The third-order valence-electron chi connectivity index (χ3n) is 5.24. The molecular formula is C21H31FN4O3. The van der Waals surface area contributed by atoms with Crippen molar-refractivity contribution in [2.75, 3.05) is 53.5 Å². The SMILES string of the molecule is CC1CN(C(=NCC(=O)N(C)C)NCC2CCOC2)CC(c2ccc(F)cc2)O1. The van der Waals surface area contributed by atoms with Crippen molar-refractivity contribution in [1.29, 1.82) is 0 Å². The summed E-state index contributed by atoms with van der Waals surface area (Å²) in [6.07, 6.45) is 0.810. The van der Waals surface area contributed by atoms with Crippen LogP contribution >= 0.6 is 0 Å². The number of amides is 1. The predicted octanol–water partition coefficient (Wildman–Crippen LogP) is 1.66. The molecule has 0 radical (unpaired) electrons. The fraction of sp³-hybridized carbons (Fsp3) is 0.619. The molecule has 0 saturated carbocycles. The molecule has 0 aromatic heterocycles. The first-order valence-electron chi connectivity index (χ1n) is 10.1. The first-order chi connectivity index (χ1) is 13.9. The van der Waals surface area contributed by atoms with Gasteiger partial charge < -0.3 is 24.6 Å². The summed E-state index contributed by atoms with van der Waals surface area (Å²) in [5, 5.41) is 3.44. The lowest BCUT2D eigenvalue weighted by Gasteiger charge is -2.39. The summed E-state index contributed by atoms with van der Waals surface area (Å²) in [6.45, 7) is 5.63. The van der Waals surface area contributed by atoms with Crippen LogP contribution in [0.15, 0.2) is 29.3 Å². The number of carbonyl (C=O) groups excluding carboxylic acids is 1. The van der Waals surface area contributed by atoms with Gasteiger partial charge in [-0.2, -0.15) is 0 Å². The first kappa shape index (κ1) is 21.5. The summed E-state index contributed by atoms with van der Waals surface area (Å²) in [6, 6.07) is 6.41. The minimum Gasteiger partial charge on any atom is -0.381 e. The van der Waals surface area contributed by atoms with Gasteiger partial charge in [-0.3, -0.25) is 4.79 Å². The maximum absolute atomic E-state index is 13.3. The van der Waals surface area contributed by atoms with Crippen LogP contribution in [-0.2, 0) is 14.3 Å². The topological polar surface area (TPSA) is 66.4 Å². The standard InChI is InChI=1S/C21H31FN4O3/c1-15-12-26(13-19(29-15)17-4-6-18(22)7-5-17)21(24-11-20(27)25(2)3)23-10-16-8-9-28-14-16/h4-7,15-16,19H,8-14H2,1-3H3,(H,23,24). The monoisotopic (exact) mass is 406 g/mol. The van der Waals surface area contributed by atoms with Crippen molar-refractivity contribution in [3.05, 3.63) is 35.6 Å². The smallest absolute Gasteiger partial charge is 0.243 e. The Balaban J connectivity index is 1.73. The van der Waals surface area contributed by atoms with Gasteiger partial charge in [-0.1, -0.05) is 12.1 Å². The molecule has 1 aromatic carbocycles. The second-order valence-electron chi connectivity index (χ2n) is 7.93. The van der Waals surface area contributed by atoms with Gasteiger partial charge in [-0.15, -0.1) is 0 Å².